The first-order chi connectivity index (χ1) is 8.04. The molecule has 17 heavy (non-hydrogen) atoms. The molecule has 0 saturated carbocycles. The molecule has 1 aliphatic rings. The SMILES string of the molecule is FC(F)(F)SCCNc1ccc2c(c1)CCC2. The molecule has 0 heterocycles. The van der Waals surface area contributed by atoms with Crippen LogP contribution in [0.3, 0.4) is 0 Å². The molecule has 0 fully saturated rings. The topological polar surface area (TPSA) is 12.0 Å². The highest BCUT2D eigenvalue weighted by Gasteiger charge is 2.27. The molecule has 0 bridgehead atoms. The van der Waals surface area contributed by atoms with E-state index in [1.54, 1.807) is 0 Å². The molecule has 0 aliphatic heterocycles. The lowest BCUT2D eigenvalue weighted by molar-refractivity contribution is -0.0327. The normalized spacial score (nSPS) is 14.8. The summed E-state index contributed by atoms with van der Waals surface area (Å²) in [5.74, 6) is 0.0422. The van der Waals surface area contributed by atoms with Gasteiger partial charge >= 0.3 is 5.51 Å². The van der Waals surface area contributed by atoms with Crippen molar-refractivity contribution in [3.05, 3.63) is 29.3 Å². The summed E-state index contributed by atoms with van der Waals surface area (Å²) >= 11 is 0.0158. The molecule has 0 aromatic heterocycles. The van der Waals surface area contributed by atoms with Gasteiger partial charge in [0, 0.05) is 18.0 Å². The van der Waals surface area contributed by atoms with E-state index in [0.29, 0.717) is 6.54 Å². The standard InChI is InChI=1S/C12H14F3NS/c13-12(14,15)17-7-6-16-11-5-4-9-2-1-3-10(9)8-11/h4-5,8,16H,1-3,6-7H2. The third-order valence-electron chi connectivity index (χ3n) is 2.80. The lowest BCUT2D eigenvalue weighted by atomic mass is 10.1. The zero-order chi connectivity index (χ0) is 12.3. The second-order valence-corrected chi connectivity index (χ2v) is 5.22. The van der Waals surface area contributed by atoms with E-state index in [0.717, 1.165) is 18.5 Å². The highest BCUT2D eigenvalue weighted by Crippen LogP contribution is 2.30. The minimum Gasteiger partial charge on any atom is -0.384 e. The second kappa shape index (κ2) is 5.21. The Labute approximate surface area is 103 Å². The predicted molar refractivity (Wildman–Crippen MR) is 65.5 cm³/mol. The Morgan fingerprint density at radius 1 is 1.18 bits per heavy atom. The number of aryl methyl sites for hydroxylation is 2. The Hall–Kier alpha value is -0.840. The zero-order valence-corrected chi connectivity index (χ0v) is 10.1. The first kappa shape index (κ1) is 12.6. The van der Waals surface area contributed by atoms with Crippen molar-refractivity contribution in [2.24, 2.45) is 0 Å². The summed E-state index contributed by atoms with van der Waals surface area (Å²) in [4.78, 5) is 0. The minimum atomic E-state index is -4.13. The van der Waals surface area contributed by atoms with Crippen LogP contribution in [0.4, 0.5) is 18.9 Å². The molecule has 1 nitrogen and oxygen atoms in total. The maximum Gasteiger partial charge on any atom is 0.441 e. The number of rotatable bonds is 4. The van der Waals surface area contributed by atoms with Crippen LogP contribution >= 0.6 is 11.8 Å². The molecule has 0 radical (unpaired) electrons. The first-order valence-corrected chi connectivity index (χ1v) is 6.59. The molecular formula is C12H14F3NS. The lowest BCUT2D eigenvalue weighted by Crippen LogP contribution is -2.09. The van der Waals surface area contributed by atoms with Gasteiger partial charge in [-0.25, -0.2) is 0 Å². The van der Waals surface area contributed by atoms with E-state index in [4.69, 9.17) is 0 Å². The fourth-order valence-electron chi connectivity index (χ4n) is 2.04. The molecule has 1 aromatic carbocycles. The van der Waals surface area contributed by atoms with Gasteiger partial charge in [0.05, 0.1) is 0 Å². The van der Waals surface area contributed by atoms with Crippen LogP contribution in [0, 0.1) is 0 Å². The average molecular weight is 261 g/mol. The minimum absolute atomic E-state index is 0.0158. The van der Waals surface area contributed by atoms with Gasteiger partial charge in [0.1, 0.15) is 0 Å². The number of benzene rings is 1. The number of hydrogen-bond donors (Lipinski definition) is 1. The molecule has 1 aromatic rings. The van der Waals surface area contributed by atoms with Gasteiger partial charge in [0.25, 0.3) is 0 Å². The highest BCUT2D eigenvalue weighted by molar-refractivity contribution is 8.00. The smallest absolute Gasteiger partial charge is 0.384 e. The van der Waals surface area contributed by atoms with E-state index in [9.17, 15) is 13.2 Å². The molecule has 5 heteroatoms. The monoisotopic (exact) mass is 261 g/mol. The molecule has 94 valence electrons. The number of thioether (sulfide) groups is 1. The molecule has 1 N–H and O–H groups in total. The van der Waals surface area contributed by atoms with Gasteiger partial charge in [-0.05, 0) is 54.3 Å². The molecule has 0 unspecified atom stereocenters. The number of halogens is 3. The van der Waals surface area contributed by atoms with Crippen molar-refractivity contribution in [1.82, 2.24) is 0 Å². The Kier molecular flexibility index (Phi) is 3.86. The third-order valence-corrected chi connectivity index (χ3v) is 3.53. The van der Waals surface area contributed by atoms with Gasteiger partial charge in [0.15, 0.2) is 0 Å². The maximum absolute atomic E-state index is 11.9. The number of alkyl halides is 3. The van der Waals surface area contributed by atoms with E-state index >= 15 is 0 Å². The molecule has 0 amide bonds. The van der Waals surface area contributed by atoms with Crippen LogP contribution in [0.1, 0.15) is 17.5 Å². The van der Waals surface area contributed by atoms with Crippen molar-refractivity contribution in [3.63, 3.8) is 0 Å². The maximum atomic E-state index is 11.9. The molecule has 0 spiro atoms. The van der Waals surface area contributed by atoms with E-state index in [1.165, 1.54) is 17.5 Å². The van der Waals surface area contributed by atoms with E-state index in [2.05, 4.69) is 17.4 Å². The predicted octanol–water partition coefficient (Wildman–Crippen LogP) is 3.84. The first-order valence-electron chi connectivity index (χ1n) is 5.61. The molecule has 2 rings (SSSR count). The lowest BCUT2D eigenvalue weighted by Gasteiger charge is -2.09. The van der Waals surface area contributed by atoms with Gasteiger partial charge in [0.2, 0.25) is 0 Å². The summed E-state index contributed by atoms with van der Waals surface area (Å²) < 4.78 is 35.7. The molecular weight excluding hydrogens is 247 g/mol. The van der Waals surface area contributed by atoms with Crippen LogP contribution in [0.15, 0.2) is 18.2 Å². The Morgan fingerprint density at radius 2 is 1.94 bits per heavy atom. The quantitative estimate of drug-likeness (QED) is 0.826. The van der Waals surface area contributed by atoms with Crippen LogP contribution in [-0.2, 0) is 12.8 Å². The van der Waals surface area contributed by atoms with Crippen molar-refractivity contribution >= 4 is 17.4 Å². The summed E-state index contributed by atoms with van der Waals surface area (Å²) in [6.07, 6.45) is 3.39. The van der Waals surface area contributed by atoms with E-state index in [-0.39, 0.29) is 17.5 Å². The summed E-state index contributed by atoms with van der Waals surface area (Å²) in [5, 5.41) is 3.03. The van der Waals surface area contributed by atoms with Crippen LogP contribution in [0.5, 0.6) is 0 Å². The van der Waals surface area contributed by atoms with Crippen molar-refractivity contribution in [2.75, 3.05) is 17.6 Å². The van der Waals surface area contributed by atoms with E-state index < -0.39 is 5.51 Å². The molecule has 0 saturated heterocycles. The van der Waals surface area contributed by atoms with Crippen molar-refractivity contribution in [1.29, 1.82) is 0 Å². The number of anilines is 1. The highest BCUT2D eigenvalue weighted by atomic mass is 32.2. The van der Waals surface area contributed by atoms with Crippen molar-refractivity contribution in [3.8, 4) is 0 Å². The third kappa shape index (κ3) is 3.84. The van der Waals surface area contributed by atoms with E-state index in [1.807, 2.05) is 6.07 Å². The van der Waals surface area contributed by atoms with Crippen molar-refractivity contribution in [2.45, 2.75) is 24.8 Å². The zero-order valence-electron chi connectivity index (χ0n) is 9.31. The second-order valence-electron chi connectivity index (χ2n) is 4.06. The van der Waals surface area contributed by atoms with Crippen LogP contribution in [-0.4, -0.2) is 17.8 Å². The number of nitrogens with one attached hydrogen (secondary N) is 1. The van der Waals surface area contributed by atoms with Gasteiger partial charge < -0.3 is 5.32 Å². The summed E-state index contributed by atoms with van der Waals surface area (Å²) in [6, 6.07) is 6.07. The molecule has 1 aliphatic carbocycles. The summed E-state index contributed by atoms with van der Waals surface area (Å²) in [6.45, 7) is 0.336. The number of fused-ring (bicyclic) bond motifs is 1. The summed E-state index contributed by atoms with van der Waals surface area (Å²) in [5.41, 5.74) is -0.494. The van der Waals surface area contributed by atoms with Crippen LogP contribution in [0.2, 0.25) is 0 Å². The average Bonchev–Trinajstić information content (AvgIpc) is 2.70. The van der Waals surface area contributed by atoms with Crippen LogP contribution < -0.4 is 5.32 Å². The fourth-order valence-corrected chi connectivity index (χ4v) is 2.48. The van der Waals surface area contributed by atoms with Crippen LogP contribution in [0.25, 0.3) is 0 Å². The van der Waals surface area contributed by atoms with Gasteiger partial charge in [-0.3, -0.25) is 0 Å². The van der Waals surface area contributed by atoms with Gasteiger partial charge in [-0.15, -0.1) is 0 Å². The summed E-state index contributed by atoms with van der Waals surface area (Å²) in [7, 11) is 0. The largest absolute Gasteiger partial charge is 0.441 e. The van der Waals surface area contributed by atoms with Gasteiger partial charge in [-0.2, -0.15) is 13.2 Å². The van der Waals surface area contributed by atoms with Crippen molar-refractivity contribution < 1.29 is 13.2 Å². The van der Waals surface area contributed by atoms with Gasteiger partial charge in [-0.1, -0.05) is 6.07 Å². The Balaban J connectivity index is 1.80. The fraction of sp³-hybridized carbons (Fsp3) is 0.500. The molecule has 0 atom stereocenters. The Morgan fingerprint density at radius 3 is 2.71 bits per heavy atom. The number of hydrogen-bond acceptors (Lipinski definition) is 2. The Bertz CT molecular complexity index is 390.